The fourth-order valence-corrected chi connectivity index (χ4v) is 0.479. The summed E-state index contributed by atoms with van der Waals surface area (Å²) in [6.45, 7) is 3.29. The molecular weight excluding hydrogens is 186 g/mol. The Morgan fingerprint density at radius 2 is 1.00 bits per heavy atom. The Balaban J connectivity index is 0. The van der Waals surface area contributed by atoms with Gasteiger partial charge in [0.05, 0.1) is 0 Å². The zero-order valence-electron chi connectivity index (χ0n) is 8.53. The molecule has 0 saturated heterocycles. The molecule has 0 unspecified atom stereocenters. The van der Waals surface area contributed by atoms with E-state index in [4.69, 9.17) is 0 Å². The summed E-state index contributed by atoms with van der Waals surface area (Å²) in [7, 11) is -1.59. The minimum atomic E-state index is -1.59. The van der Waals surface area contributed by atoms with Gasteiger partial charge in [0.1, 0.15) is 0 Å². The standard InChI is InChI=1S/C6H9BO6.Li/c1-4(8)11-7(12-5(2)9)13-6(3)10;/h1-3H3;/q-1;+1. The summed E-state index contributed by atoms with van der Waals surface area (Å²) in [5.74, 6) is -2.15. The number of carbonyl (C=O) groups excluding carboxylic acids is 3. The molecule has 0 atom stereocenters. The molecule has 0 aliphatic rings. The monoisotopic (exact) mass is 195 g/mol. The van der Waals surface area contributed by atoms with Crippen LogP contribution in [0.1, 0.15) is 20.8 Å². The minimum Gasteiger partial charge on any atom is -0.642 e. The Kier molecular flexibility index (Phi) is 8.30. The molecule has 0 spiro atoms. The molecule has 0 aliphatic carbocycles. The first kappa shape index (κ1) is 15.5. The van der Waals surface area contributed by atoms with Crippen LogP contribution in [0.4, 0.5) is 0 Å². The molecule has 14 heavy (non-hydrogen) atoms. The van der Waals surface area contributed by atoms with Crippen molar-refractivity contribution in [3.8, 4) is 0 Å². The van der Waals surface area contributed by atoms with Crippen molar-refractivity contribution in [1.29, 1.82) is 0 Å². The van der Waals surface area contributed by atoms with E-state index < -0.39 is 25.2 Å². The summed E-state index contributed by atoms with van der Waals surface area (Å²) in [6.07, 6.45) is 0. The van der Waals surface area contributed by atoms with Gasteiger partial charge in [0.15, 0.2) is 0 Å². The molecule has 0 rings (SSSR count). The molecule has 0 aromatic rings. The number of hydrogen-bond acceptors (Lipinski definition) is 6. The van der Waals surface area contributed by atoms with E-state index >= 15 is 0 Å². The van der Waals surface area contributed by atoms with E-state index in [9.17, 15) is 14.4 Å². The van der Waals surface area contributed by atoms with Gasteiger partial charge < -0.3 is 14.0 Å². The second-order valence-electron chi connectivity index (χ2n) is 2.12. The molecule has 8 heteroatoms. The van der Waals surface area contributed by atoms with Crippen molar-refractivity contribution in [2.75, 3.05) is 0 Å². The van der Waals surface area contributed by atoms with Gasteiger partial charge in [0.2, 0.25) is 0 Å². The third-order valence-corrected chi connectivity index (χ3v) is 0.787. The number of rotatable bonds is 3. The van der Waals surface area contributed by atoms with E-state index in [0.29, 0.717) is 0 Å². The summed E-state index contributed by atoms with van der Waals surface area (Å²) in [6, 6.07) is 0. The van der Waals surface area contributed by atoms with Crippen molar-refractivity contribution >= 4 is 25.2 Å². The molecule has 0 aromatic heterocycles. The van der Waals surface area contributed by atoms with Gasteiger partial charge in [-0.3, -0.25) is 14.4 Å². The van der Waals surface area contributed by atoms with Crippen LogP contribution in [0, 0.1) is 0 Å². The Bertz CT molecular complexity index is 192. The average Bonchev–Trinajstić information content (AvgIpc) is 1.80. The Morgan fingerprint density at radius 1 is 0.786 bits per heavy atom. The maximum Gasteiger partial charge on any atom is 1.00 e. The number of carbonyl (C=O) groups is 3. The normalized spacial score (nSPS) is 8.57. The molecule has 1 radical (unpaired) electrons. The van der Waals surface area contributed by atoms with Crippen LogP contribution in [0.3, 0.4) is 0 Å². The zero-order chi connectivity index (χ0) is 10.4. The van der Waals surface area contributed by atoms with Gasteiger partial charge in [-0.1, -0.05) is 0 Å². The van der Waals surface area contributed by atoms with E-state index in [2.05, 4.69) is 14.0 Å². The molecule has 0 saturated carbocycles. The molecule has 0 bridgehead atoms. The summed E-state index contributed by atoms with van der Waals surface area (Å²) in [5, 5.41) is 0. The summed E-state index contributed by atoms with van der Waals surface area (Å²) < 4.78 is 13.0. The Labute approximate surface area is 93.6 Å². The topological polar surface area (TPSA) is 78.9 Å². The van der Waals surface area contributed by atoms with Crippen molar-refractivity contribution in [1.82, 2.24) is 0 Å². The van der Waals surface area contributed by atoms with Crippen molar-refractivity contribution in [2.45, 2.75) is 20.8 Å². The molecule has 0 heterocycles. The van der Waals surface area contributed by atoms with Crippen molar-refractivity contribution in [3.63, 3.8) is 0 Å². The van der Waals surface area contributed by atoms with E-state index in [1.54, 1.807) is 0 Å². The van der Waals surface area contributed by atoms with Gasteiger partial charge in [-0.2, -0.15) is 0 Å². The van der Waals surface area contributed by atoms with E-state index in [1.807, 2.05) is 0 Å². The summed E-state index contributed by atoms with van der Waals surface area (Å²) >= 11 is 0. The van der Waals surface area contributed by atoms with Crippen LogP contribution in [0.25, 0.3) is 0 Å². The van der Waals surface area contributed by atoms with Crippen molar-refractivity contribution < 1.29 is 47.2 Å². The van der Waals surface area contributed by atoms with E-state index in [-0.39, 0.29) is 18.9 Å². The first-order valence-electron chi connectivity index (χ1n) is 3.43. The zero-order valence-corrected chi connectivity index (χ0v) is 8.53. The number of hydrogen-bond donors (Lipinski definition) is 0. The Morgan fingerprint density at radius 3 is 1.14 bits per heavy atom. The molecule has 0 N–H and O–H groups in total. The predicted octanol–water partition coefficient (Wildman–Crippen LogP) is -3.34. The van der Waals surface area contributed by atoms with E-state index in [0.717, 1.165) is 20.8 Å². The molecule has 73 valence electrons. The van der Waals surface area contributed by atoms with Crippen LogP contribution >= 0.6 is 0 Å². The van der Waals surface area contributed by atoms with Gasteiger partial charge in [0, 0.05) is 20.8 Å². The maximum atomic E-state index is 10.4. The van der Waals surface area contributed by atoms with Crippen molar-refractivity contribution in [2.24, 2.45) is 0 Å². The predicted molar refractivity (Wildman–Crippen MR) is 41.1 cm³/mol. The second-order valence-corrected chi connectivity index (χ2v) is 2.12. The third-order valence-electron chi connectivity index (χ3n) is 0.787. The quantitative estimate of drug-likeness (QED) is 0.438. The van der Waals surface area contributed by atoms with Crippen LogP contribution < -0.4 is 18.9 Å². The fourth-order valence-electron chi connectivity index (χ4n) is 0.479. The maximum absolute atomic E-state index is 10.4. The molecular formula is C6H9BLiO6. The molecule has 0 aliphatic heterocycles. The van der Waals surface area contributed by atoms with Crippen LogP contribution in [-0.2, 0) is 28.3 Å². The average molecular weight is 195 g/mol. The van der Waals surface area contributed by atoms with Crippen LogP contribution in [0.2, 0.25) is 0 Å². The summed E-state index contributed by atoms with van der Waals surface area (Å²) in [4.78, 5) is 31.2. The molecule has 0 aromatic carbocycles. The smallest absolute Gasteiger partial charge is 0.642 e. The molecule has 0 amide bonds. The Hall–Kier alpha value is -0.928. The minimum absolute atomic E-state index is 0. The third kappa shape index (κ3) is 9.16. The first-order chi connectivity index (χ1) is 5.91. The van der Waals surface area contributed by atoms with Crippen LogP contribution in [0.15, 0.2) is 0 Å². The molecule has 6 nitrogen and oxygen atoms in total. The largest absolute Gasteiger partial charge is 1.00 e. The first-order valence-corrected chi connectivity index (χ1v) is 3.43. The van der Waals surface area contributed by atoms with Gasteiger partial charge in [0.25, 0.3) is 17.9 Å². The van der Waals surface area contributed by atoms with E-state index in [1.165, 1.54) is 0 Å². The molecule has 0 fully saturated rings. The SMILES string of the molecule is CC(=O)O[B-](OC(C)=O)OC(C)=O.[Li+]. The fraction of sp³-hybridized carbons (Fsp3) is 0.500. The van der Waals surface area contributed by atoms with Gasteiger partial charge in [-0.15, -0.1) is 0 Å². The van der Waals surface area contributed by atoms with Gasteiger partial charge in [-0.25, -0.2) is 0 Å². The van der Waals surface area contributed by atoms with Crippen LogP contribution in [-0.4, -0.2) is 25.2 Å². The second kappa shape index (κ2) is 7.47. The summed E-state index contributed by atoms with van der Waals surface area (Å²) in [5.41, 5.74) is 0. The van der Waals surface area contributed by atoms with Gasteiger partial charge >= 0.3 is 26.2 Å². The van der Waals surface area contributed by atoms with Gasteiger partial charge in [-0.05, 0) is 0 Å². The van der Waals surface area contributed by atoms with Crippen molar-refractivity contribution in [3.05, 3.63) is 0 Å². The van der Waals surface area contributed by atoms with Crippen LogP contribution in [0.5, 0.6) is 0 Å².